The van der Waals surface area contributed by atoms with Gasteiger partial charge in [0.25, 0.3) is 0 Å². The first-order valence-electron chi connectivity index (χ1n) is 6.99. The van der Waals surface area contributed by atoms with Crippen molar-refractivity contribution < 1.29 is 0 Å². The number of nitrogens with zero attached hydrogens (tertiary/aromatic N) is 1. The van der Waals surface area contributed by atoms with Gasteiger partial charge in [0.05, 0.1) is 10.7 Å². The third-order valence-corrected chi connectivity index (χ3v) is 4.02. The van der Waals surface area contributed by atoms with Crippen molar-refractivity contribution in [2.24, 2.45) is 5.92 Å². The average Bonchev–Trinajstić information content (AvgIpc) is 2.53. The van der Waals surface area contributed by atoms with Gasteiger partial charge >= 0.3 is 0 Å². The van der Waals surface area contributed by atoms with Gasteiger partial charge < -0.3 is 10.2 Å². The molecule has 0 aliphatic carbocycles. The summed E-state index contributed by atoms with van der Waals surface area (Å²) in [6.45, 7) is 7.68. The molecule has 1 aromatic carbocycles. The van der Waals surface area contributed by atoms with Crippen LogP contribution in [0.4, 0.5) is 5.69 Å². The van der Waals surface area contributed by atoms with Crippen molar-refractivity contribution >= 4 is 28.9 Å². The van der Waals surface area contributed by atoms with Crippen molar-refractivity contribution in [1.29, 1.82) is 0 Å². The Labute approximate surface area is 126 Å². The van der Waals surface area contributed by atoms with E-state index in [0.717, 1.165) is 36.8 Å². The van der Waals surface area contributed by atoms with Gasteiger partial charge in [-0.1, -0.05) is 37.0 Å². The smallest absolute Gasteiger partial charge is 0.0654 e. The van der Waals surface area contributed by atoms with E-state index in [0.29, 0.717) is 17.0 Å². The van der Waals surface area contributed by atoms with Crippen molar-refractivity contribution in [2.75, 3.05) is 24.5 Å². The summed E-state index contributed by atoms with van der Waals surface area (Å²) in [5.41, 5.74) is 1.10. The number of hydrogen-bond acceptors (Lipinski definition) is 2. The molecule has 0 saturated carbocycles. The molecule has 1 saturated heterocycles. The van der Waals surface area contributed by atoms with E-state index < -0.39 is 0 Å². The van der Waals surface area contributed by atoms with E-state index in [-0.39, 0.29) is 0 Å². The van der Waals surface area contributed by atoms with E-state index in [9.17, 15) is 0 Å². The molecule has 0 amide bonds. The maximum Gasteiger partial charge on any atom is 0.0654 e. The minimum Gasteiger partial charge on any atom is -0.369 e. The first-order chi connectivity index (χ1) is 9.06. The Kier molecular flexibility index (Phi) is 5.37. The van der Waals surface area contributed by atoms with Gasteiger partial charge in [-0.3, -0.25) is 0 Å². The highest BCUT2D eigenvalue weighted by molar-refractivity contribution is 6.36. The zero-order valence-corrected chi connectivity index (χ0v) is 13.1. The maximum absolute atomic E-state index is 6.32. The van der Waals surface area contributed by atoms with Crippen molar-refractivity contribution in [2.45, 2.75) is 32.7 Å². The Morgan fingerprint density at radius 1 is 1.37 bits per heavy atom. The van der Waals surface area contributed by atoms with Crippen LogP contribution in [0.15, 0.2) is 18.2 Å². The number of benzene rings is 1. The van der Waals surface area contributed by atoms with Gasteiger partial charge in [0, 0.05) is 24.2 Å². The highest BCUT2D eigenvalue weighted by Crippen LogP contribution is 2.29. The van der Waals surface area contributed by atoms with Crippen LogP contribution in [-0.4, -0.2) is 25.7 Å². The van der Waals surface area contributed by atoms with Gasteiger partial charge in [-0.2, -0.15) is 0 Å². The van der Waals surface area contributed by atoms with E-state index in [1.807, 2.05) is 18.2 Å². The lowest BCUT2D eigenvalue weighted by Crippen LogP contribution is -2.38. The largest absolute Gasteiger partial charge is 0.369 e. The molecular formula is C15H22Cl2N2. The van der Waals surface area contributed by atoms with Gasteiger partial charge in [-0.15, -0.1) is 0 Å². The molecule has 1 fully saturated rings. The molecule has 1 aromatic rings. The summed E-state index contributed by atoms with van der Waals surface area (Å²) in [5, 5.41) is 5.08. The van der Waals surface area contributed by atoms with Crippen LogP contribution in [0.3, 0.4) is 0 Å². The second-order valence-corrected chi connectivity index (χ2v) is 6.52. The lowest BCUT2D eigenvalue weighted by atomic mass is 10.0. The molecule has 1 aliphatic heterocycles. The lowest BCUT2D eigenvalue weighted by molar-refractivity contribution is 0.436. The van der Waals surface area contributed by atoms with E-state index >= 15 is 0 Å². The molecule has 0 radical (unpaired) electrons. The standard InChI is InChI=1S/C15H22Cl2N2/c1-11(2)8-13-10-19(7-3-6-18-13)15-5-4-12(16)9-14(15)17/h4-5,9,11,13,18H,3,6-8,10H2,1-2H3. The normalized spacial score (nSPS) is 20.7. The second-order valence-electron chi connectivity index (χ2n) is 5.68. The van der Waals surface area contributed by atoms with Crippen molar-refractivity contribution in [1.82, 2.24) is 5.32 Å². The number of halogens is 2. The van der Waals surface area contributed by atoms with E-state index in [1.165, 1.54) is 6.42 Å². The zero-order valence-electron chi connectivity index (χ0n) is 11.6. The van der Waals surface area contributed by atoms with Gasteiger partial charge in [0.15, 0.2) is 0 Å². The molecule has 2 nitrogen and oxygen atoms in total. The number of nitrogens with one attached hydrogen (secondary N) is 1. The molecule has 0 spiro atoms. The maximum atomic E-state index is 6.32. The fraction of sp³-hybridized carbons (Fsp3) is 0.600. The quantitative estimate of drug-likeness (QED) is 0.899. The summed E-state index contributed by atoms with van der Waals surface area (Å²) in [6.07, 6.45) is 2.34. The predicted octanol–water partition coefficient (Wildman–Crippen LogP) is 4.21. The highest BCUT2D eigenvalue weighted by atomic mass is 35.5. The fourth-order valence-electron chi connectivity index (χ4n) is 2.68. The van der Waals surface area contributed by atoms with Crippen LogP contribution in [0.25, 0.3) is 0 Å². The Balaban J connectivity index is 2.13. The Hall–Kier alpha value is -0.440. The minimum atomic E-state index is 0.536. The van der Waals surface area contributed by atoms with Crippen LogP contribution in [0.5, 0.6) is 0 Å². The Bertz CT molecular complexity index is 421. The summed E-state index contributed by atoms with van der Waals surface area (Å²) >= 11 is 12.3. The number of anilines is 1. The minimum absolute atomic E-state index is 0.536. The summed E-state index contributed by atoms with van der Waals surface area (Å²) in [7, 11) is 0. The van der Waals surface area contributed by atoms with Crippen molar-refractivity contribution in [3.8, 4) is 0 Å². The monoisotopic (exact) mass is 300 g/mol. The molecule has 19 heavy (non-hydrogen) atoms. The van der Waals surface area contributed by atoms with E-state index in [2.05, 4.69) is 24.1 Å². The van der Waals surface area contributed by atoms with Crippen LogP contribution in [0, 0.1) is 5.92 Å². The molecule has 1 aliphatic rings. The Morgan fingerprint density at radius 3 is 2.84 bits per heavy atom. The molecule has 4 heteroatoms. The molecule has 0 bridgehead atoms. The third kappa shape index (κ3) is 4.27. The number of rotatable bonds is 3. The Morgan fingerprint density at radius 2 is 2.16 bits per heavy atom. The van der Waals surface area contributed by atoms with Gasteiger partial charge in [0.2, 0.25) is 0 Å². The predicted molar refractivity (Wildman–Crippen MR) is 84.5 cm³/mol. The van der Waals surface area contributed by atoms with Crippen molar-refractivity contribution in [3.05, 3.63) is 28.2 Å². The van der Waals surface area contributed by atoms with E-state index in [1.54, 1.807) is 0 Å². The lowest BCUT2D eigenvalue weighted by Gasteiger charge is -2.28. The topological polar surface area (TPSA) is 15.3 Å². The fourth-order valence-corrected chi connectivity index (χ4v) is 3.21. The van der Waals surface area contributed by atoms with Gasteiger partial charge in [-0.05, 0) is 43.5 Å². The summed E-state index contributed by atoms with van der Waals surface area (Å²) in [4.78, 5) is 2.38. The summed E-state index contributed by atoms with van der Waals surface area (Å²) in [5.74, 6) is 0.707. The van der Waals surface area contributed by atoms with Crippen LogP contribution in [-0.2, 0) is 0 Å². The molecule has 1 N–H and O–H groups in total. The summed E-state index contributed by atoms with van der Waals surface area (Å²) in [6, 6.07) is 6.31. The first-order valence-corrected chi connectivity index (χ1v) is 7.75. The molecular weight excluding hydrogens is 279 g/mol. The zero-order chi connectivity index (χ0) is 13.8. The number of hydrogen-bond donors (Lipinski definition) is 1. The van der Waals surface area contributed by atoms with E-state index in [4.69, 9.17) is 23.2 Å². The molecule has 1 heterocycles. The SMILES string of the molecule is CC(C)CC1CN(c2ccc(Cl)cc2Cl)CCCN1. The van der Waals surface area contributed by atoms with Gasteiger partial charge in [0.1, 0.15) is 0 Å². The molecule has 0 aromatic heterocycles. The molecule has 1 unspecified atom stereocenters. The van der Waals surface area contributed by atoms with Crippen molar-refractivity contribution in [3.63, 3.8) is 0 Å². The van der Waals surface area contributed by atoms with Gasteiger partial charge in [-0.25, -0.2) is 0 Å². The van der Waals surface area contributed by atoms with Crippen LogP contribution in [0.2, 0.25) is 10.0 Å². The van der Waals surface area contributed by atoms with Crippen LogP contribution in [0.1, 0.15) is 26.7 Å². The van der Waals surface area contributed by atoms with Crippen LogP contribution < -0.4 is 10.2 Å². The molecule has 2 rings (SSSR count). The molecule has 106 valence electrons. The molecule has 1 atom stereocenters. The summed E-state index contributed by atoms with van der Waals surface area (Å²) < 4.78 is 0. The van der Waals surface area contributed by atoms with Crippen LogP contribution >= 0.6 is 23.2 Å². The first kappa shape index (κ1) is 15.0. The highest BCUT2D eigenvalue weighted by Gasteiger charge is 2.20. The second kappa shape index (κ2) is 6.83. The third-order valence-electron chi connectivity index (χ3n) is 3.48. The average molecular weight is 301 g/mol.